The van der Waals surface area contributed by atoms with Crippen LogP contribution < -0.4 is 0 Å². The van der Waals surface area contributed by atoms with Crippen LogP contribution in [0.15, 0.2) is 24.3 Å². The predicted octanol–water partition coefficient (Wildman–Crippen LogP) is 2.03. The van der Waals surface area contributed by atoms with E-state index in [4.69, 9.17) is 0 Å². The number of imidazole rings is 1. The van der Waals surface area contributed by atoms with Crippen LogP contribution in [0.4, 0.5) is 0 Å². The first-order valence-electron chi connectivity index (χ1n) is 7.38. The molecule has 1 amide bonds. The normalized spacial score (nSPS) is 18.9. The highest BCUT2D eigenvalue weighted by Gasteiger charge is 2.43. The Bertz CT molecular complexity index is 809. The van der Waals surface area contributed by atoms with Crippen molar-refractivity contribution in [1.29, 1.82) is 0 Å². The highest BCUT2D eigenvalue weighted by atomic mass is 16.4. The molecule has 0 saturated carbocycles. The van der Waals surface area contributed by atoms with E-state index < -0.39 is 5.97 Å². The van der Waals surface area contributed by atoms with Gasteiger partial charge in [0.1, 0.15) is 5.82 Å². The van der Waals surface area contributed by atoms with E-state index in [2.05, 4.69) is 4.98 Å². The minimum absolute atomic E-state index is 0.0334. The van der Waals surface area contributed by atoms with E-state index in [-0.39, 0.29) is 17.6 Å². The third-order valence-electron chi connectivity index (χ3n) is 4.47. The fourth-order valence-electron chi connectivity index (χ4n) is 3.37. The van der Waals surface area contributed by atoms with Gasteiger partial charge in [0, 0.05) is 13.0 Å². The number of carbonyl (C=O) groups excluding carboxylic acids is 1. The first-order chi connectivity index (χ1) is 10.6. The molecule has 1 atom stereocenters. The Morgan fingerprint density at radius 3 is 2.82 bits per heavy atom. The summed E-state index contributed by atoms with van der Waals surface area (Å²) in [6, 6.07) is 7.14. The molecule has 2 aliphatic rings. The van der Waals surface area contributed by atoms with Crippen LogP contribution in [0.5, 0.6) is 0 Å². The molecule has 0 bridgehead atoms. The van der Waals surface area contributed by atoms with Gasteiger partial charge in [0.25, 0.3) is 5.91 Å². The molecule has 3 heterocycles. The summed E-state index contributed by atoms with van der Waals surface area (Å²) in [6.45, 7) is 2.60. The number of carboxylic acids is 1. The minimum atomic E-state index is -1.04. The summed E-state index contributed by atoms with van der Waals surface area (Å²) in [7, 11) is 0. The Hall–Kier alpha value is -2.63. The number of benzene rings is 1. The lowest BCUT2D eigenvalue weighted by molar-refractivity contribution is 0.0449. The number of nitrogens with zero attached hydrogens (tertiary/aromatic N) is 3. The second-order valence-corrected chi connectivity index (χ2v) is 5.58. The smallest absolute Gasteiger partial charge is 0.356 e. The monoisotopic (exact) mass is 297 g/mol. The molecule has 1 N–H and O–H groups in total. The van der Waals surface area contributed by atoms with Crippen LogP contribution in [-0.4, -0.2) is 38.0 Å². The lowest BCUT2D eigenvalue weighted by Gasteiger charge is -2.39. The van der Waals surface area contributed by atoms with Crippen LogP contribution in [0.25, 0.3) is 5.69 Å². The molecule has 0 aliphatic carbocycles. The van der Waals surface area contributed by atoms with E-state index in [9.17, 15) is 14.7 Å². The summed E-state index contributed by atoms with van der Waals surface area (Å²) in [4.78, 5) is 30.4. The molecule has 0 unspecified atom stereocenters. The van der Waals surface area contributed by atoms with E-state index in [0.29, 0.717) is 30.0 Å². The molecule has 4 rings (SSSR count). The third-order valence-corrected chi connectivity index (χ3v) is 4.47. The van der Waals surface area contributed by atoms with Crippen LogP contribution in [0, 0.1) is 0 Å². The molecule has 0 radical (unpaired) electrons. The molecule has 1 aromatic carbocycles. The number of carbonyl (C=O) groups is 2. The van der Waals surface area contributed by atoms with E-state index >= 15 is 0 Å². The van der Waals surface area contributed by atoms with Gasteiger partial charge in [-0.15, -0.1) is 0 Å². The summed E-state index contributed by atoms with van der Waals surface area (Å²) in [5.41, 5.74) is 2.04. The summed E-state index contributed by atoms with van der Waals surface area (Å²) in [5.74, 6) is -0.391. The van der Waals surface area contributed by atoms with Gasteiger partial charge in [-0.25, -0.2) is 9.78 Å². The molecule has 1 saturated heterocycles. The van der Waals surface area contributed by atoms with Crippen LogP contribution >= 0.6 is 0 Å². The number of amides is 1. The van der Waals surface area contributed by atoms with E-state index in [1.54, 1.807) is 11.0 Å². The topological polar surface area (TPSA) is 75.4 Å². The van der Waals surface area contributed by atoms with Crippen molar-refractivity contribution in [3.05, 3.63) is 47.0 Å². The van der Waals surface area contributed by atoms with Gasteiger partial charge < -0.3 is 10.0 Å². The van der Waals surface area contributed by atoms with E-state index in [0.717, 1.165) is 12.1 Å². The number of hydrogen-bond acceptors (Lipinski definition) is 3. The zero-order valence-corrected chi connectivity index (χ0v) is 12.1. The number of fused-ring (bicyclic) bond motifs is 5. The fraction of sp³-hybridized carbons (Fsp3) is 0.312. The molecule has 2 aliphatic heterocycles. The van der Waals surface area contributed by atoms with Crippen molar-refractivity contribution in [3.8, 4) is 5.69 Å². The zero-order valence-electron chi connectivity index (χ0n) is 12.1. The number of hydrogen-bond donors (Lipinski definition) is 1. The lowest BCUT2D eigenvalue weighted by atomic mass is 9.97. The average Bonchev–Trinajstić information content (AvgIpc) is 2.82. The van der Waals surface area contributed by atoms with Crippen LogP contribution in [-0.2, 0) is 6.42 Å². The molecule has 2 aromatic rings. The largest absolute Gasteiger partial charge is 0.476 e. The molecule has 112 valence electrons. The second kappa shape index (κ2) is 4.43. The highest BCUT2D eigenvalue weighted by molar-refractivity contribution is 6.00. The Morgan fingerprint density at radius 2 is 2.18 bits per heavy atom. The van der Waals surface area contributed by atoms with E-state index in [1.807, 2.05) is 29.7 Å². The van der Waals surface area contributed by atoms with Gasteiger partial charge in [-0.05, 0) is 18.6 Å². The van der Waals surface area contributed by atoms with Gasteiger partial charge >= 0.3 is 5.97 Å². The van der Waals surface area contributed by atoms with Crippen molar-refractivity contribution in [2.45, 2.75) is 25.8 Å². The van der Waals surface area contributed by atoms with Crippen molar-refractivity contribution in [2.75, 3.05) is 6.54 Å². The highest BCUT2D eigenvalue weighted by Crippen LogP contribution is 2.41. The Labute approximate surface area is 127 Å². The van der Waals surface area contributed by atoms with Gasteiger partial charge in [0.05, 0.1) is 23.0 Å². The van der Waals surface area contributed by atoms with Crippen molar-refractivity contribution in [1.82, 2.24) is 14.5 Å². The molecular formula is C16H15N3O3. The number of aryl methyl sites for hydroxylation is 1. The Kier molecular flexibility index (Phi) is 2.63. The molecule has 6 heteroatoms. The maximum absolute atomic E-state index is 12.7. The van der Waals surface area contributed by atoms with Crippen molar-refractivity contribution < 1.29 is 14.7 Å². The fourth-order valence-corrected chi connectivity index (χ4v) is 3.37. The van der Waals surface area contributed by atoms with Crippen molar-refractivity contribution in [2.24, 2.45) is 0 Å². The van der Waals surface area contributed by atoms with Gasteiger partial charge in [-0.1, -0.05) is 19.1 Å². The van der Waals surface area contributed by atoms with E-state index in [1.165, 1.54) is 0 Å². The lowest BCUT2D eigenvalue weighted by Crippen LogP contribution is -2.45. The number of aromatic carboxylic acids is 1. The zero-order chi connectivity index (χ0) is 15.4. The molecule has 1 aromatic heterocycles. The third kappa shape index (κ3) is 1.52. The summed E-state index contributed by atoms with van der Waals surface area (Å²) < 4.78 is 1.88. The van der Waals surface area contributed by atoms with Crippen molar-refractivity contribution >= 4 is 11.9 Å². The van der Waals surface area contributed by atoms with Crippen LogP contribution in [0.3, 0.4) is 0 Å². The van der Waals surface area contributed by atoms with Gasteiger partial charge in [0.15, 0.2) is 5.69 Å². The molecule has 1 fully saturated rings. The maximum Gasteiger partial charge on any atom is 0.356 e. The minimum Gasteiger partial charge on any atom is -0.476 e. The molecule has 0 spiro atoms. The standard InChI is InChI=1S/C16H15N3O3/c1-2-12-17-13(16(21)22)14-11-7-8-18(11)15(20)9-5-3-4-6-10(9)19(12)14/h3-6,11H,2,7-8H2,1H3,(H,21,22)/t11-/m0/s1. The van der Waals surface area contributed by atoms with Crippen molar-refractivity contribution in [3.63, 3.8) is 0 Å². The van der Waals surface area contributed by atoms with Gasteiger partial charge in [-0.3, -0.25) is 9.36 Å². The quantitative estimate of drug-likeness (QED) is 0.920. The molecular weight excluding hydrogens is 282 g/mol. The SMILES string of the molecule is CCc1nc(C(=O)O)c2n1-c1ccccc1C(=O)N1CC[C@@H]21. The maximum atomic E-state index is 12.7. The number of aromatic nitrogens is 2. The second-order valence-electron chi connectivity index (χ2n) is 5.58. The number of para-hydroxylation sites is 1. The Balaban J connectivity index is 2.10. The summed E-state index contributed by atoms with van der Waals surface area (Å²) >= 11 is 0. The summed E-state index contributed by atoms with van der Waals surface area (Å²) in [6.07, 6.45) is 1.38. The van der Waals surface area contributed by atoms with Crippen LogP contribution in [0.2, 0.25) is 0 Å². The molecule has 22 heavy (non-hydrogen) atoms. The first-order valence-corrected chi connectivity index (χ1v) is 7.38. The Morgan fingerprint density at radius 1 is 1.41 bits per heavy atom. The predicted molar refractivity (Wildman–Crippen MR) is 78.3 cm³/mol. The van der Waals surface area contributed by atoms with Gasteiger partial charge in [-0.2, -0.15) is 0 Å². The van der Waals surface area contributed by atoms with Crippen LogP contribution in [0.1, 0.15) is 51.8 Å². The average molecular weight is 297 g/mol. The number of carboxylic acid groups (broad SMARTS) is 1. The summed E-state index contributed by atoms with van der Waals surface area (Å²) in [5, 5.41) is 9.50. The first kappa shape index (κ1) is 13.1. The molecule has 6 nitrogen and oxygen atoms in total. The van der Waals surface area contributed by atoms with Gasteiger partial charge in [0.2, 0.25) is 0 Å². The number of rotatable bonds is 2.